The number of hydrogen-bond acceptors (Lipinski definition) is 3. The standard InChI is InChI=1S/C15H21FO3/c1-14(2,18-4)9-15(3)8-12(17)11-7-10(16)5-6-13(11)19-15/h5-7,12,17H,8-9H2,1-4H3/t12-,15?/m1/s1. The van der Waals surface area contributed by atoms with Crippen LogP contribution >= 0.6 is 0 Å². The number of aliphatic hydroxyl groups is 1. The zero-order valence-corrected chi connectivity index (χ0v) is 11.9. The zero-order chi connectivity index (χ0) is 14.3. The Morgan fingerprint density at radius 3 is 2.84 bits per heavy atom. The highest BCUT2D eigenvalue weighted by atomic mass is 19.1. The van der Waals surface area contributed by atoms with E-state index in [4.69, 9.17) is 9.47 Å². The summed E-state index contributed by atoms with van der Waals surface area (Å²) in [6.45, 7) is 5.91. The van der Waals surface area contributed by atoms with Gasteiger partial charge in [-0.25, -0.2) is 4.39 Å². The molecule has 1 unspecified atom stereocenters. The third kappa shape index (κ3) is 3.07. The third-order valence-corrected chi connectivity index (χ3v) is 3.66. The smallest absolute Gasteiger partial charge is 0.126 e. The number of methoxy groups -OCH3 is 1. The van der Waals surface area contributed by atoms with Gasteiger partial charge in [-0.1, -0.05) is 0 Å². The average Bonchev–Trinajstić information content (AvgIpc) is 2.29. The molecule has 0 spiro atoms. The van der Waals surface area contributed by atoms with Gasteiger partial charge >= 0.3 is 0 Å². The molecular weight excluding hydrogens is 247 g/mol. The van der Waals surface area contributed by atoms with Gasteiger partial charge in [-0.3, -0.25) is 0 Å². The Hall–Kier alpha value is -1.13. The van der Waals surface area contributed by atoms with E-state index in [0.717, 1.165) is 0 Å². The minimum atomic E-state index is -0.711. The molecule has 19 heavy (non-hydrogen) atoms. The van der Waals surface area contributed by atoms with Gasteiger partial charge in [-0.15, -0.1) is 0 Å². The molecule has 2 atom stereocenters. The molecule has 3 nitrogen and oxygen atoms in total. The van der Waals surface area contributed by atoms with Crippen molar-refractivity contribution in [2.24, 2.45) is 0 Å². The van der Waals surface area contributed by atoms with Gasteiger partial charge in [0.15, 0.2) is 0 Å². The van der Waals surface area contributed by atoms with Gasteiger partial charge in [0.2, 0.25) is 0 Å². The minimum Gasteiger partial charge on any atom is -0.487 e. The van der Waals surface area contributed by atoms with Crippen molar-refractivity contribution in [2.75, 3.05) is 7.11 Å². The summed E-state index contributed by atoms with van der Waals surface area (Å²) in [6.07, 6.45) is 0.359. The first-order valence-corrected chi connectivity index (χ1v) is 6.46. The van der Waals surface area contributed by atoms with Gasteiger partial charge in [0, 0.05) is 25.5 Å². The number of rotatable bonds is 3. The van der Waals surface area contributed by atoms with E-state index in [9.17, 15) is 9.50 Å². The highest BCUT2D eigenvalue weighted by Crippen LogP contribution is 2.43. The fourth-order valence-electron chi connectivity index (χ4n) is 2.78. The molecule has 1 N–H and O–H groups in total. The van der Waals surface area contributed by atoms with Crippen LogP contribution in [0.5, 0.6) is 5.75 Å². The lowest BCUT2D eigenvalue weighted by Crippen LogP contribution is -2.44. The van der Waals surface area contributed by atoms with Crippen LogP contribution in [0.3, 0.4) is 0 Å². The van der Waals surface area contributed by atoms with Crippen LogP contribution in [-0.2, 0) is 4.74 Å². The Bertz CT molecular complexity index is 472. The van der Waals surface area contributed by atoms with Crippen LogP contribution in [0.4, 0.5) is 4.39 Å². The normalized spacial score (nSPS) is 26.7. The number of aliphatic hydroxyl groups excluding tert-OH is 1. The van der Waals surface area contributed by atoms with Crippen LogP contribution in [0.2, 0.25) is 0 Å². The van der Waals surface area contributed by atoms with E-state index in [1.165, 1.54) is 12.1 Å². The molecular formula is C15H21FO3. The van der Waals surface area contributed by atoms with Crippen LogP contribution in [0.15, 0.2) is 18.2 Å². The van der Waals surface area contributed by atoms with Crippen molar-refractivity contribution in [1.29, 1.82) is 0 Å². The van der Waals surface area contributed by atoms with Gasteiger partial charge in [0.05, 0.1) is 11.7 Å². The zero-order valence-electron chi connectivity index (χ0n) is 11.9. The monoisotopic (exact) mass is 268 g/mol. The number of halogens is 1. The maximum Gasteiger partial charge on any atom is 0.126 e. The molecule has 0 bridgehead atoms. The Labute approximate surface area is 113 Å². The Kier molecular flexibility index (Phi) is 3.58. The van der Waals surface area contributed by atoms with Gasteiger partial charge in [-0.2, -0.15) is 0 Å². The van der Waals surface area contributed by atoms with E-state index >= 15 is 0 Å². The summed E-state index contributed by atoms with van der Waals surface area (Å²) in [6, 6.07) is 4.25. The summed E-state index contributed by atoms with van der Waals surface area (Å²) in [5.74, 6) is 0.191. The maximum absolute atomic E-state index is 13.2. The molecule has 4 heteroatoms. The van der Waals surface area contributed by atoms with E-state index < -0.39 is 11.7 Å². The van der Waals surface area contributed by atoms with Gasteiger partial charge in [0.1, 0.15) is 17.2 Å². The lowest BCUT2D eigenvalue weighted by Gasteiger charge is -2.42. The van der Waals surface area contributed by atoms with Crippen molar-refractivity contribution in [3.8, 4) is 5.75 Å². The fourth-order valence-corrected chi connectivity index (χ4v) is 2.78. The summed E-state index contributed by atoms with van der Waals surface area (Å²) in [5, 5.41) is 10.2. The molecule has 1 aliphatic rings. The molecule has 0 fully saturated rings. The van der Waals surface area contributed by atoms with Gasteiger partial charge in [0.25, 0.3) is 0 Å². The van der Waals surface area contributed by atoms with E-state index in [0.29, 0.717) is 24.2 Å². The van der Waals surface area contributed by atoms with Crippen LogP contribution in [0.1, 0.15) is 45.3 Å². The molecule has 0 saturated heterocycles. The summed E-state index contributed by atoms with van der Waals surface area (Å²) < 4.78 is 24.6. The molecule has 0 aromatic heterocycles. The van der Waals surface area contributed by atoms with E-state index in [1.54, 1.807) is 13.2 Å². The molecule has 0 aliphatic carbocycles. The molecule has 0 saturated carbocycles. The number of fused-ring (bicyclic) bond motifs is 1. The summed E-state index contributed by atoms with van der Waals surface area (Å²) in [7, 11) is 1.66. The van der Waals surface area contributed by atoms with Crippen LogP contribution in [0, 0.1) is 5.82 Å². The van der Waals surface area contributed by atoms with Crippen molar-refractivity contribution in [1.82, 2.24) is 0 Å². The predicted molar refractivity (Wildman–Crippen MR) is 70.7 cm³/mol. The van der Waals surface area contributed by atoms with E-state index in [1.807, 2.05) is 20.8 Å². The third-order valence-electron chi connectivity index (χ3n) is 3.66. The van der Waals surface area contributed by atoms with E-state index in [2.05, 4.69) is 0 Å². The van der Waals surface area contributed by atoms with Crippen molar-refractivity contribution in [3.05, 3.63) is 29.6 Å². The number of benzene rings is 1. The maximum atomic E-state index is 13.2. The summed E-state index contributed by atoms with van der Waals surface area (Å²) >= 11 is 0. The Morgan fingerprint density at radius 1 is 1.53 bits per heavy atom. The Morgan fingerprint density at radius 2 is 2.21 bits per heavy atom. The lowest BCUT2D eigenvalue weighted by atomic mass is 9.82. The number of ether oxygens (including phenoxy) is 2. The number of hydrogen-bond donors (Lipinski definition) is 1. The predicted octanol–water partition coefficient (Wildman–Crippen LogP) is 3.22. The molecule has 0 amide bonds. The van der Waals surface area contributed by atoms with Crippen LogP contribution < -0.4 is 4.74 Å². The first-order valence-electron chi connectivity index (χ1n) is 6.46. The molecule has 0 radical (unpaired) electrons. The van der Waals surface area contributed by atoms with Crippen molar-refractivity contribution >= 4 is 0 Å². The molecule has 1 aliphatic heterocycles. The van der Waals surface area contributed by atoms with Crippen LogP contribution in [-0.4, -0.2) is 23.4 Å². The largest absolute Gasteiger partial charge is 0.487 e. The van der Waals surface area contributed by atoms with Crippen LogP contribution in [0.25, 0.3) is 0 Å². The average molecular weight is 268 g/mol. The summed E-state index contributed by atoms with van der Waals surface area (Å²) in [4.78, 5) is 0. The van der Waals surface area contributed by atoms with Crippen molar-refractivity contribution in [3.63, 3.8) is 0 Å². The van der Waals surface area contributed by atoms with Crippen molar-refractivity contribution in [2.45, 2.75) is 50.9 Å². The van der Waals surface area contributed by atoms with Gasteiger partial charge in [-0.05, 0) is 39.0 Å². The lowest BCUT2D eigenvalue weighted by molar-refractivity contribution is -0.0747. The molecule has 1 aromatic rings. The Balaban J connectivity index is 2.27. The molecule has 2 rings (SSSR count). The van der Waals surface area contributed by atoms with Gasteiger partial charge < -0.3 is 14.6 Å². The van der Waals surface area contributed by atoms with Crippen molar-refractivity contribution < 1.29 is 19.0 Å². The summed E-state index contributed by atoms with van der Waals surface area (Å²) in [5.41, 5.74) is -0.344. The SMILES string of the molecule is COC(C)(C)CC1(C)C[C@@H](O)c2cc(F)ccc2O1. The minimum absolute atomic E-state index is 0.341. The quantitative estimate of drug-likeness (QED) is 0.914. The first kappa shape index (κ1) is 14.3. The molecule has 1 heterocycles. The fraction of sp³-hybridized carbons (Fsp3) is 0.600. The second kappa shape index (κ2) is 4.76. The molecule has 106 valence electrons. The highest BCUT2D eigenvalue weighted by Gasteiger charge is 2.40. The molecule has 1 aromatic carbocycles. The first-order chi connectivity index (χ1) is 8.75. The second-order valence-corrected chi connectivity index (χ2v) is 6.09. The van der Waals surface area contributed by atoms with E-state index in [-0.39, 0.29) is 11.4 Å². The topological polar surface area (TPSA) is 38.7 Å². The highest BCUT2D eigenvalue weighted by molar-refractivity contribution is 5.38. The second-order valence-electron chi connectivity index (χ2n) is 6.09.